The van der Waals surface area contributed by atoms with Gasteiger partial charge in [-0.1, -0.05) is 13.3 Å². The second kappa shape index (κ2) is 4.88. The third kappa shape index (κ3) is 2.31. The molecule has 0 atom stereocenters. The Morgan fingerprint density at radius 1 is 1.42 bits per heavy atom. The van der Waals surface area contributed by atoms with Crippen molar-refractivity contribution < 1.29 is 5.11 Å². The van der Waals surface area contributed by atoms with Crippen molar-refractivity contribution in [2.75, 3.05) is 0 Å². The number of nitrogens with zero attached hydrogens (tertiary/aromatic N) is 1. The molecular formula is C10H14NO. The summed E-state index contributed by atoms with van der Waals surface area (Å²) in [5, 5.41) is 10.7. The summed E-state index contributed by atoms with van der Waals surface area (Å²) in [6, 6.07) is 1.95. The maximum absolute atomic E-state index is 10.7. The molecule has 0 amide bonds. The third-order valence-corrected chi connectivity index (χ3v) is 1.96. The fourth-order valence-electron chi connectivity index (χ4n) is 1.20. The fourth-order valence-corrected chi connectivity index (χ4v) is 1.20. The number of hydrogen-bond acceptors (Lipinski definition) is 1. The van der Waals surface area contributed by atoms with Crippen LogP contribution in [0, 0.1) is 0 Å². The van der Waals surface area contributed by atoms with Gasteiger partial charge in [0.15, 0.2) is 0 Å². The van der Waals surface area contributed by atoms with Crippen LogP contribution in [0.3, 0.4) is 0 Å². The predicted molar refractivity (Wildman–Crippen MR) is 47.2 cm³/mol. The van der Waals surface area contributed by atoms with Crippen molar-refractivity contribution in [3.8, 4) is 0 Å². The Kier molecular flexibility index (Phi) is 3.74. The standard InChI is InChI=1S/C10H14NO/c1-2-3-4-9-5-6-11-7-10(9)8-12/h5-7H,2-4,8H2,1H3. The van der Waals surface area contributed by atoms with Crippen LogP contribution in [-0.2, 0) is 18.1 Å². The minimum Gasteiger partial charge on any atom is -0.264 e. The highest BCUT2D eigenvalue weighted by Crippen LogP contribution is 2.10. The van der Waals surface area contributed by atoms with Gasteiger partial charge in [0.05, 0.1) is 0 Å². The van der Waals surface area contributed by atoms with E-state index in [1.54, 1.807) is 12.4 Å². The second-order valence-electron chi connectivity index (χ2n) is 2.89. The van der Waals surface area contributed by atoms with Gasteiger partial charge in [-0.2, -0.15) is 0 Å². The van der Waals surface area contributed by atoms with Gasteiger partial charge in [0.2, 0.25) is 0 Å². The van der Waals surface area contributed by atoms with Gasteiger partial charge in [-0.25, -0.2) is 5.11 Å². The highest BCUT2D eigenvalue weighted by molar-refractivity contribution is 5.22. The normalized spacial score (nSPS) is 10.2. The highest BCUT2D eigenvalue weighted by Gasteiger charge is 1.99. The first-order valence-electron chi connectivity index (χ1n) is 4.38. The number of aromatic nitrogens is 1. The lowest BCUT2D eigenvalue weighted by Crippen LogP contribution is -1.94. The molecular weight excluding hydrogens is 150 g/mol. The van der Waals surface area contributed by atoms with Gasteiger partial charge in [0.1, 0.15) is 6.61 Å². The minimum atomic E-state index is -0.146. The summed E-state index contributed by atoms with van der Waals surface area (Å²) in [6.07, 6.45) is 6.76. The molecule has 0 saturated carbocycles. The van der Waals surface area contributed by atoms with Crippen LogP contribution in [0.1, 0.15) is 30.9 Å². The molecule has 0 saturated heterocycles. The van der Waals surface area contributed by atoms with Crippen LogP contribution in [0.25, 0.3) is 0 Å². The zero-order valence-corrected chi connectivity index (χ0v) is 7.42. The minimum absolute atomic E-state index is 0.146. The van der Waals surface area contributed by atoms with Crippen molar-refractivity contribution in [3.63, 3.8) is 0 Å². The first-order valence-corrected chi connectivity index (χ1v) is 4.38. The molecule has 1 heterocycles. The Hall–Kier alpha value is -0.890. The predicted octanol–water partition coefficient (Wildman–Crippen LogP) is 2.35. The van der Waals surface area contributed by atoms with Crippen molar-refractivity contribution in [1.82, 2.24) is 4.98 Å². The lowest BCUT2D eigenvalue weighted by Gasteiger charge is -2.03. The molecule has 2 heteroatoms. The van der Waals surface area contributed by atoms with Crippen molar-refractivity contribution in [3.05, 3.63) is 29.6 Å². The van der Waals surface area contributed by atoms with Crippen LogP contribution < -0.4 is 0 Å². The van der Waals surface area contributed by atoms with E-state index in [1.807, 2.05) is 6.07 Å². The van der Waals surface area contributed by atoms with E-state index < -0.39 is 0 Å². The summed E-state index contributed by atoms with van der Waals surface area (Å²) in [7, 11) is 0. The summed E-state index contributed by atoms with van der Waals surface area (Å²) >= 11 is 0. The summed E-state index contributed by atoms with van der Waals surface area (Å²) in [4.78, 5) is 3.92. The zero-order valence-electron chi connectivity index (χ0n) is 7.42. The molecule has 1 aromatic rings. The van der Waals surface area contributed by atoms with E-state index in [0.29, 0.717) is 0 Å². The molecule has 1 rings (SSSR count). The van der Waals surface area contributed by atoms with Crippen LogP contribution in [0.2, 0.25) is 0 Å². The van der Waals surface area contributed by atoms with E-state index in [-0.39, 0.29) is 6.61 Å². The quantitative estimate of drug-likeness (QED) is 0.672. The molecule has 0 aromatic carbocycles. The molecule has 12 heavy (non-hydrogen) atoms. The van der Waals surface area contributed by atoms with E-state index in [0.717, 1.165) is 18.4 Å². The summed E-state index contributed by atoms with van der Waals surface area (Å²) in [5.41, 5.74) is 2.02. The summed E-state index contributed by atoms with van der Waals surface area (Å²) in [6.45, 7) is 2.00. The van der Waals surface area contributed by atoms with Crippen molar-refractivity contribution in [2.45, 2.75) is 32.8 Å². The lowest BCUT2D eigenvalue weighted by molar-refractivity contribution is 0.176. The Morgan fingerprint density at radius 2 is 2.25 bits per heavy atom. The maximum atomic E-state index is 10.7. The Balaban J connectivity index is 2.68. The lowest BCUT2D eigenvalue weighted by atomic mass is 10.1. The van der Waals surface area contributed by atoms with E-state index in [9.17, 15) is 5.11 Å². The highest BCUT2D eigenvalue weighted by atomic mass is 16.3. The Morgan fingerprint density at radius 3 is 2.92 bits per heavy atom. The molecule has 65 valence electrons. The molecule has 0 aliphatic heterocycles. The molecule has 0 bridgehead atoms. The van der Waals surface area contributed by atoms with Crippen LogP contribution >= 0.6 is 0 Å². The molecule has 0 aliphatic carbocycles. The average molecular weight is 164 g/mol. The molecule has 1 radical (unpaired) electrons. The van der Waals surface area contributed by atoms with Gasteiger partial charge in [0, 0.05) is 18.0 Å². The zero-order chi connectivity index (χ0) is 8.81. The first-order chi connectivity index (χ1) is 5.88. The summed E-state index contributed by atoms with van der Waals surface area (Å²) < 4.78 is 0. The van der Waals surface area contributed by atoms with Gasteiger partial charge < -0.3 is 0 Å². The molecule has 0 unspecified atom stereocenters. The topological polar surface area (TPSA) is 32.8 Å². The molecule has 0 N–H and O–H groups in total. The van der Waals surface area contributed by atoms with Gasteiger partial charge in [-0.15, -0.1) is 0 Å². The van der Waals surface area contributed by atoms with E-state index in [2.05, 4.69) is 11.9 Å². The van der Waals surface area contributed by atoms with Crippen LogP contribution in [0.15, 0.2) is 18.5 Å². The SMILES string of the molecule is CCCCc1ccncc1C[O]. The van der Waals surface area contributed by atoms with E-state index in [1.165, 1.54) is 12.0 Å². The monoisotopic (exact) mass is 164 g/mol. The van der Waals surface area contributed by atoms with Gasteiger partial charge in [0.25, 0.3) is 0 Å². The number of rotatable bonds is 4. The number of hydrogen-bond donors (Lipinski definition) is 0. The van der Waals surface area contributed by atoms with Crippen molar-refractivity contribution >= 4 is 0 Å². The van der Waals surface area contributed by atoms with Crippen molar-refractivity contribution in [2.24, 2.45) is 0 Å². The fraction of sp³-hybridized carbons (Fsp3) is 0.500. The molecule has 2 nitrogen and oxygen atoms in total. The number of unbranched alkanes of at least 4 members (excludes halogenated alkanes) is 1. The van der Waals surface area contributed by atoms with Gasteiger partial charge in [-0.3, -0.25) is 4.98 Å². The maximum Gasteiger partial charge on any atom is 0.109 e. The summed E-state index contributed by atoms with van der Waals surface area (Å²) in [5.74, 6) is 0. The average Bonchev–Trinajstić information content (AvgIpc) is 2.15. The molecule has 1 aromatic heterocycles. The van der Waals surface area contributed by atoms with Crippen LogP contribution in [-0.4, -0.2) is 4.98 Å². The first kappa shape index (κ1) is 9.20. The smallest absolute Gasteiger partial charge is 0.109 e. The Bertz CT molecular complexity index is 235. The molecule has 0 fully saturated rings. The van der Waals surface area contributed by atoms with Crippen molar-refractivity contribution in [1.29, 1.82) is 0 Å². The van der Waals surface area contributed by atoms with Gasteiger partial charge in [-0.05, 0) is 24.5 Å². The second-order valence-corrected chi connectivity index (χ2v) is 2.89. The number of pyridine rings is 1. The Labute approximate surface area is 73.3 Å². The van der Waals surface area contributed by atoms with Crippen LogP contribution in [0.5, 0.6) is 0 Å². The van der Waals surface area contributed by atoms with E-state index >= 15 is 0 Å². The van der Waals surface area contributed by atoms with E-state index in [4.69, 9.17) is 0 Å². The number of aryl methyl sites for hydroxylation is 1. The largest absolute Gasteiger partial charge is 0.264 e. The molecule has 0 spiro atoms. The van der Waals surface area contributed by atoms with Crippen LogP contribution in [0.4, 0.5) is 0 Å². The third-order valence-electron chi connectivity index (χ3n) is 1.96. The van der Waals surface area contributed by atoms with Gasteiger partial charge >= 0.3 is 0 Å². The molecule has 0 aliphatic rings.